The van der Waals surface area contributed by atoms with Crippen LogP contribution in [0.5, 0.6) is 0 Å². The minimum absolute atomic E-state index is 0.911. The summed E-state index contributed by atoms with van der Waals surface area (Å²) in [6.07, 6.45) is 0.911. The third-order valence-electron chi connectivity index (χ3n) is 9.08. The molecule has 234 valence electrons. The standard InChI is InChI=1S/C45H32N2S2/c1-7-19-32(20-8-1)40-42-38(48-44(40)46(34-23-11-3-12-24-34)35-25-13-4-14-26-35)31-39-43(42)41(33-21-9-2-10-22-33)45(49-39)47(36-27-15-5-16-28-36)37-29-17-6-18-30-37/h1-30H,31H2. The highest BCUT2D eigenvalue weighted by molar-refractivity contribution is 7.20. The van der Waals surface area contributed by atoms with Crippen molar-refractivity contribution in [2.45, 2.75) is 6.42 Å². The summed E-state index contributed by atoms with van der Waals surface area (Å²) < 4.78 is 0. The van der Waals surface area contributed by atoms with Crippen molar-refractivity contribution in [2.24, 2.45) is 0 Å². The zero-order chi connectivity index (χ0) is 32.6. The lowest BCUT2D eigenvalue weighted by Gasteiger charge is -2.26. The van der Waals surface area contributed by atoms with Crippen molar-refractivity contribution in [3.63, 3.8) is 0 Å². The van der Waals surface area contributed by atoms with Crippen LogP contribution in [0.4, 0.5) is 32.8 Å². The monoisotopic (exact) mass is 664 g/mol. The van der Waals surface area contributed by atoms with Crippen LogP contribution in [0.15, 0.2) is 182 Å². The quantitative estimate of drug-likeness (QED) is 0.159. The van der Waals surface area contributed by atoms with Gasteiger partial charge in [0.1, 0.15) is 10.0 Å². The molecular formula is C45H32N2S2. The molecule has 9 rings (SSSR count). The molecular weight excluding hydrogens is 633 g/mol. The van der Waals surface area contributed by atoms with Gasteiger partial charge in [0.25, 0.3) is 0 Å². The summed E-state index contributed by atoms with van der Waals surface area (Å²) in [5.41, 5.74) is 12.4. The van der Waals surface area contributed by atoms with E-state index in [2.05, 4.69) is 192 Å². The van der Waals surface area contributed by atoms with Crippen LogP contribution in [0.3, 0.4) is 0 Å². The zero-order valence-electron chi connectivity index (χ0n) is 26.7. The summed E-state index contributed by atoms with van der Waals surface area (Å²) >= 11 is 3.86. The molecule has 0 amide bonds. The van der Waals surface area contributed by atoms with Crippen LogP contribution in [-0.4, -0.2) is 0 Å². The molecule has 0 saturated heterocycles. The van der Waals surface area contributed by atoms with Crippen molar-refractivity contribution in [3.8, 4) is 33.4 Å². The zero-order valence-corrected chi connectivity index (χ0v) is 28.4. The van der Waals surface area contributed by atoms with Crippen LogP contribution in [0.2, 0.25) is 0 Å². The number of rotatable bonds is 8. The minimum atomic E-state index is 0.911. The number of anilines is 6. The second-order valence-electron chi connectivity index (χ2n) is 12.1. The van der Waals surface area contributed by atoms with Crippen molar-refractivity contribution >= 4 is 55.4 Å². The number of thiophene rings is 2. The molecule has 4 heteroatoms. The molecule has 0 spiro atoms. The molecule has 2 heterocycles. The third kappa shape index (κ3) is 5.26. The molecule has 0 atom stereocenters. The first-order valence-corrected chi connectivity index (χ1v) is 18.2. The Morgan fingerprint density at radius 3 is 0.857 bits per heavy atom. The molecule has 0 N–H and O–H groups in total. The molecule has 0 saturated carbocycles. The van der Waals surface area contributed by atoms with Crippen molar-refractivity contribution in [1.82, 2.24) is 0 Å². The third-order valence-corrected chi connectivity index (χ3v) is 11.4. The van der Waals surface area contributed by atoms with Gasteiger partial charge in [0.15, 0.2) is 0 Å². The predicted molar refractivity (Wildman–Crippen MR) is 211 cm³/mol. The lowest BCUT2D eigenvalue weighted by molar-refractivity contribution is 1.31. The molecule has 0 aliphatic heterocycles. The molecule has 0 bridgehead atoms. The second kappa shape index (κ2) is 12.7. The maximum absolute atomic E-state index is 2.45. The number of benzene rings is 6. The highest BCUT2D eigenvalue weighted by atomic mass is 32.1. The van der Waals surface area contributed by atoms with Crippen LogP contribution in [-0.2, 0) is 6.42 Å². The molecule has 1 aliphatic rings. The van der Waals surface area contributed by atoms with Crippen LogP contribution in [0.25, 0.3) is 33.4 Å². The average Bonchev–Trinajstić information content (AvgIpc) is 3.82. The Morgan fingerprint density at radius 1 is 0.306 bits per heavy atom. The van der Waals surface area contributed by atoms with Gasteiger partial charge in [-0.05, 0) is 59.7 Å². The largest absolute Gasteiger partial charge is 0.301 e. The van der Waals surface area contributed by atoms with Crippen LogP contribution < -0.4 is 9.80 Å². The lowest BCUT2D eigenvalue weighted by atomic mass is 9.93. The molecule has 2 aromatic heterocycles. The summed E-state index contributed by atoms with van der Waals surface area (Å²) in [6, 6.07) is 65.1. The number of nitrogens with zero attached hydrogens (tertiary/aromatic N) is 2. The molecule has 8 aromatic rings. The van der Waals surface area contributed by atoms with Gasteiger partial charge in [0.2, 0.25) is 0 Å². The maximum atomic E-state index is 2.45. The Kier molecular flexibility index (Phi) is 7.66. The highest BCUT2D eigenvalue weighted by Gasteiger charge is 2.37. The fraction of sp³-hybridized carbons (Fsp3) is 0.0222. The van der Waals surface area contributed by atoms with E-state index in [1.807, 2.05) is 22.7 Å². The second-order valence-corrected chi connectivity index (χ2v) is 14.2. The highest BCUT2D eigenvalue weighted by Crippen LogP contribution is 2.62. The summed E-state index contributed by atoms with van der Waals surface area (Å²) in [5, 5.41) is 2.49. The maximum Gasteiger partial charge on any atom is 0.109 e. The molecule has 49 heavy (non-hydrogen) atoms. The van der Waals surface area contributed by atoms with Gasteiger partial charge >= 0.3 is 0 Å². The van der Waals surface area contributed by atoms with E-state index in [0.29, 0.717) is 0 Å². The van der Waals surface area contributed by atoms with Crippen LogP contribution in [0, 0.1) is 0 Å². The molecule has 0 fully saturated rings. The van der Waals surface area contributed by atoms with E-state index < -0.39 is 0 Å². The molecule has 0 radical (unpaired) electrons. The smallest absolute Gasteiger partial charge is 0.109 e. The normalized spacial score (nSPS) is 11.6. The Morgan fingerprint density at radius 2 is 0.571 bits per heavy atom. The summed E-state index contributed by atoms with van der Waals surface area (Å²) in [7, 11) is 0. The van der Waals surface area contributed by atoms with Gasteiger partial charge in [0.05, 0.1) is 0 Å². The first-order chi connectivity index (χ1) is 24.3. The molecule has 1 aliphatic carbocycles. The van der Waals surface area contributed by atoms with Crippen molar-refractivity contribution < 1.29 is 0 Å². The lowest BCUT2D eigenvalue weighted by Crippen LogP contribution is -2.09. The van der Waals surface area contributed by atoms with E-state index in [1.165, 1.54) is 53.1 Å². The van der Waals surface area contributed by atoms with Crippen molar-refractivity contribution in [2.75, 3.05) is 9.80 Å². The summed E-state index contributed by atoms with van der Waals surface area (Å²) in [6.45, 7) is 0. The number of hydrogen-bond acceptors (Lipinski definition) is 4. The van der Waals surface area contributed by atoms with Gasteiger partial charge in [-0.2, -0.15) is 0 Å². The predicted octanol–water partition coefficient (Wildman–Crippen LogP) is 13.7. The van der Waals surface area contributed by atoms with E-state index in [9.17, 15) is 0 Å². The molecule has 2 nitrogen and oxygen atoms in total. The van der Waals surface area contributed by atoms with Gasteiger partial charge in [-0.3, -0.25) is 0 Å². The van der Waals surface area contributed by atoms with E-state index in [1.54, 1.807) is 0 Å². The fourth-order valence-electron chi connectivity index (χ4n) is 6.99. The Hall–Kier alpha value is -5.68. The van der Waals surface area contributed by atoms with Crippen molar-refractivity contribution in [3.05, 3.63) is 192 Å². The van der Waals surface area contributed by atoms with Gasteiger partial charge in [0, 0.05) is 61.2 Å². The number of fused-ring (bicyclic) bond motifs is 3. The Bertz CT molecular complexity index is 2080. The van der Waals surface area contributed by atoms with E-state index in [0.717, 1.165) is 29.2 Å². The number of para-hydroxylation sites is 4. The average molecular weight is 665 g/mol. The fourth-order valence-corrected chi connectivity index (χ4v) is 9.84. The Balaban J connectivity index is 1.35. The summed E-state index contributed by atoms with van der Waals surface area (Å²) in [5.74, 6) is 0. The number of hydrogen-bond donors (Lipinski definition) is 0. The van der Waals surface area contributed by atoms with Gasteiger partial charge < -0.3 is 9.80 Å². The van der Waals surface area contributed by atoms with Crippen LogP contribution >= 0.6 is 22.7 Å². The molecule has 0 unspecified atom stereocenters. The SMILES string of the molecule is c1ccc(-c2c(N(c3ccccc3)c3ccccc3)sc3c2-c2c(sc(N(c4ccccc4)c4ccccc4)c2-c2ccccc2)C3)cc1. The van der Waals surface area contributed by atoms with E-state index in [-0.39, 0.29) is 0 Å². The molecule has 6 aromatic carbocycles. The van der Waals surface area contributed by atoms with Crippen molar-refractivity contribution in [1.29, 1.82) is 0 Å². The first-order valence-electron chi connectivity index (χ1n) is 16.6. The van der Waals surface area contributed by atoms with Gasteiger partial charge in [-0.1, -0.05) is 133 Å². The van der Waals surface area contributed by atoms with Crippen LogP contribution in [0.1, 0.15) is 9.75 Å². The van der Waals surface area contributed by atoms with E-state index in [4.69, 9.17) is 0 Å². The van der Waals surface area contributed by atoms with E-state index >= 15 is 0 Å². The van der Waals surface area contributed by atoms with Gasteiger partial charge in [-0.15, -0.1) is 22.7 Å². The first kappa shape index (κ1) is 29.5. The van der Waals surface area contributed by atoms with Gasteiger partial charge in [-0.25, -0.2) is 0 Å². The summed E-state index contributed by atoms with van der Waals surface area (Å²) in [4.78, 5) is 7.73. The topological polar surface area (TPSA) is 6.48 Å². The Labute approximate surface area is 295 Å². The minimum Gasteiger partial charge on any atom is -0.301 e.